The SMILES string of the molecule is CC(C)CNC(=O)Nc1ccc(S(=O)(=O)Nc2ccc(I)cc2)cc1. The molecule has 8 heteroatoms. The first-order chi connectivity index (χ1) is 11.8. The third-order valence-corrected chi connectivity index (χ3v) is 5.31. The molecule has 2 aromatic rings. The molecule has 0 aliphatic rings. The van der Waals surface area contributed by atoms with E-state index in [1.165, 1.54) is 12.1 Å². The highest BCUT2D eigenvalue weighted by Gasteiger charge is 2.14. The van der Waals surface area contributed by atoms with E-state index in [0.717, 1.165) is 3.57 Å². The number of anilines is 2. The van der Waals surface area contributed by atoms with E-state index in [0.29, 0.717) is 23.8 Å². The van der Waals surface area contributed by atoms with Gasteiger partial charge in [0, 0.05) is 21.5 Å². The molecule has 0 fully saturated rings. The molecule has 0 bridgehead atoms. The van der Waals surface area contributed by atoms with Gasteiger partial charge >= 0.3 is 6.03 Å². The average molecular weight is 473 g/mol. The lowest BCUT2D eigenvalue weighted by atomic mass is 10.2. The van der Waals surface area contributed by atoms with Crippen molar-refractivity contribution >= 4 is 50.0 Å². The number of carbonyl (C=O) groups is 1. The number of nitrogens with one attached hydrogen (secondary N) is 3. The van der Waals surface area contributed by atoms with Crippen LogP contribution < -0.4 is 15.4 Å². The predicted octanol–water partition coefficient (Wildman–Crippen LogP) is 3.87. The second-order valence-corrected chi connectivity index (χ2v) is 8.79. The minimum absolute atomic E-state index is 0.124. The van der Waals surface area contributed by atoms with E-state index in [1.54, 1.807) is 24.3 Å². The lowest BCUT2D eigenvalue weighted by Gasteiger charge is -2.11. The van der Waals surface area contributed by atoms with Crippen molar-refractivity contribution in [2.75, 3.05) is 16.6 Å². The summed E-state index contributed by atoms with van der Waals surface area (Å²) in [5.74, 6) is 0.352. The molecule has 3 N–H and O–H groups in total. The van der Waals surface area contributed by atoms with Gasteiger partial charge in [0.2, 0.25) is 0 Å². The van der Waals surface area contributed by atoms with Gasteiger partial charge in [-0.2, -0.15) is 0 Å². The van der Waals surface area contributed by atoms with Gasteiger partial charge in [0.05, 0.1) is 4.90 Å². The van der Waals surface area contributed by atoms with E-state index < -0.39 is 10.0 Å². The van der Waals surface area contributed by atoms with Crippen molar-refractivity contribution in [2.24, 2.45) is 5.92 Å². The predicted molar refractivity (Wildman–Crippen MR) is 108 cm³/mol. The molecule has 25 heavy (non-hydrogen) atoms. The number of urea groups is 1. The maximum atomic E-state index is 12.4. The number of halogens is 1. The van der Waals surface area contributed by atoms with Crippen LogP contribution in [0.15, 0.2) is 53.4 Å². The van der Waals surface area contributed by atoms with Crippen LogP contribution in [0.25, 0.3) is 0 Å². The van der Waals surface area contributed by atoms with Gasteiger partial charge in [0.25, 0.3) is 10.0 Å². The van der Waals surface area contributed by atoms with Crippen LogP contribution in [-0.2, 0) is 10.0 Å². The highest BCUT2D eigenvalue weighted by Crippen LogP contribution is 2.19. The van der Waals surface area contributed by atoms with Gasteiger partial charge in [0.15, 0.2) is 0 Å². The average Bonchev–Trinajstić information content (AvgIpc) is 2.55. The molecule has 2 amide bonds. The van der Waals surface area contributed by atoms with Crippen molar-refractivity contribution in [1.29, 1.82) is 0 Å². The first-order valence-electron chi connectivity index (χ1n) is 7.69. The van der Waals surface area contributed by atoms with Crippen molar-refractivity contribution in [2.45, 2.75) is 18.7 Å². The van der Waals surface area contributed by atoms with Crippen molar-refractivity contribution < 1.29 is 13.2 Å². The van der Waals surface area contributed by atoms with Gasteiger partial charge < -0.3 is 10.6 Å². The monoisotopic (exact) mass is 473 g/mol. The Kier molecular flexibility index (Phi) is 6.65. The highest BCUT2D eigenvalue weighted by molar-refractivity contribution is 14.1. The Bertz CT molecular complexity index is 819. The van der Waals surface area contributed by atoms with Gasteiger partial charge in [-0.1, -0.05) is 13.8 Å². The number of carbonyl (C=O) groups excluding carboxylic acids is 1. The van der Waals surface area contributed by atoms with E-state index in [1.807, 2.05) is 26.0 Å². The third-order valence-electron chi connectivity index (χ3n) is 3.19. The molecule has 0 atom stereocenters. The van der Waals surface area contributed by atoms with Crippen LogP contribution >= 0.6 is 22.6 Å². The molecular weight excluding hydrogens is 453 g/mol. The number of hydrogen-bond acceptors (Lipinski definition) is 3. The summed E-state index contributed by atoms with van der Waals surface area (Å²) < 4.78 is 28.3. The zero-order valence-electron chi connectivity index (χ0n) is 13.9. The second kappa shape index (κ2) is 8.52. The summed E-state index contributed by atoms with van der Waals surface area (Å²) in [6.07, 6.45) is 0. The van der Waals surface area contributed by atoms with Crippen LogP contribution in [0.2, 0.25) is 0 Å². The highest BCUT2D eigenvalue weighted by atomic mass is 127. The van der Waals surface area contributed by atoms with Crippen LogP contribution in [-0.4, -0.2) is 21.0 Å². The molecule has 0 aromatic heterocycles. The fourth-order valence-corrected chi connectivity index (χ4v) is 3.34. The molecule has 0 heterocycles. The van der Waals surface area contributed by atoms with Gasteiger partial charge in [-0.25, -0.2) is 13.2 Å². The number of rotatable bonds is 6. The van der Waals surface area contributed by atoms with E-state index in [2.05, 4.69) is 37.9 Å². The minimum Gasteiger partial charge on any atom is -0.338 e. The smallest absolute Gasteiger partial charge is 0.319 e. The zero-order valence-corrected chi connectivity index (χ0v) is 16.9. The summed E-state index contributed by atoms with van der Waals surface area (Å²) in [4.78, 5) is 11.8. The quantitative estimate of drug-likeness (QED) is 0.557. The van der Waals surface area contributed by atoms with Crippen LogP contribution in [0.3, 0.4) is 0 Å². The van der Waals surface area contributed by atoms with Crippen molar-refractivity contribution in [1.82, 2.24) is 5.32 Å². The zero-order chi connectivity index (χ0) is 18.4. The molecular formula is C17H20IN3O3S. The molecule has 2 rings (SSSR count). The first-order valence-corrected chi connectivity index (χ1v) is 10.3. The lowest BCUT2D eigenvalue weighted by molar-refractivity contribution is 0.251. The lowest BCUT2D eigenvalue weighted by Crippen LogP contribution is -2.31. The molecule has 0 aliphatic carbocycles. The first kappa shape index (κ1) is 19.5. The maximum absolute atomic E-state index is 12.4. The molecule has 0 saturated carbocycles. The summed E-state index contributed by atoms with van der Waals surface area (Å²) in [6.45, 7) is 4.57. The molecule has 0 unspecified atom stereocenters. The molecule has 2 aromatic carbocycles. The number of benzene rings is 2. The third kappa shape index (κ3) is 6.20. The molecule has 0 aliphatic heterocycles. The Morgan fingerprint density at radius 1 is 1.00 bits per heavy atom. The summed E-state index contributed by atoms with van der Waals surface area (Å²) in [5.41, 5.74) is 1.02. The van der Waals surface area contributed by atoms with Crippen molar-refractivity contribution in [3.05, 3.63) is 52.1 Å². The molecule has 6 nitrogen and oxygen atoms in total. The Morgan fingerprint density at radius 2 is 1.56 bits per heavy atom. The van der Waals surface area contributed by atoms with Crippen molar-refractivity contribution in [3.8, 4) is 0 Å². The summed E-state index contributed by atoms with van der Waals surface area (Å²) in [5, 5.41) is 5.40. The fourth-order valence-electron chi connectivity index (χ4n) is 1.92. The molecule has 0 saturated heterocycles. The Labute approximate surface area is 161 Å². The normalized spacial score (nSPS) is 11.2. The summed E-state index contributed by atoms with van der Waals surface area (Å²) in [6, 6.07) is 12.7. The molecule has 0 spiro atoms. The number of sulfonamides is 1. The van der Waals surface area contributed by atoms with E-state index in [-0.39, 0.29) is 10.9 Å². The van der Waals surface area contributed by atoms with Gasteiger partial charge in [-0.15, -0.1) is 0 Å². The topological polar surface area (TPSA) is 87.3 Å². The standard InChI is InChI=1S/C17H20IN3O3S/c1-12(2)11-19-17(22)20-14-7-9-16(10-8-14)25(23,24)21-15-5-3-13(18)4-6-15/h3-10,12,21H,11H2,1-2H3,(H2,19,20,22). The van der Waals surface area contributed by atoms with E-state index in [4.69, 9.17) is 0 Å². The van der Waals surface area contributed by atoms with Crippen LogP contribution in [0, 0.1) is 9.49 Å². The van der Waals surface area contributed by atoms with Crippen molar-refractivity contribution in [3.63, 3.8) is 0 Å². The van der Waals surface area contributed by atoms with E-state index in [9.17, 15) is 13.2 Å². The second-order valence-electron chi connectivity index (χ2n) is 5.87. The van der Waals surface area contributed by atoms with Gasteiger partial charge in [-0.3, -0.25) is 4.72 Å². The van der Waals surface area contributed by atoms with Crippen LogP contribution in [0.1, 0.15) is 13.8 Å². The Morgan fingerprint density at radius 3 is 2.12 bits per heavy atom. The van der Waals surface area contributed by atoms with Crippen LogP contribution in [0.4, 0.5) is 16.2 Å². The Hall–Kier alpha value is -1.81. The van der Waals surface area contributed by atoms with Crippen LogP contribution in [0.5, 0.6) is 0 Å². The maximum Gasteiger partial charge on any atom is 0.319 e. The minimum atomic E-state index is -3.67. The number of amides is 2. The van der Waals surface area contributed by atoms with Gasteiger partial charge in [0.1, 0.15) is 0 Å². The van der Waals surface area contributed by atoms with Gasteiger partial charge in [-0.05, 0) is 77.0 Å². The summed E-state index contributed by atoms with van der Waals surface area (Å²) in [7, 11) is -3.67. The fraction of sp³-hybridized carbons (Fsp3) is 0.235. The molecule has 134 valence electrons. The number of hydrogen-bond donors (Lipinski definition) is 3. The molecule has 0 radical (unpaired) electrons. The van der Waals surface area contributed by atoms with E-state index >= 15 is 0 Å². The Balaban J connectivity index is 2.02. The summed E-state index contributed by atoms with van der Waals surface area (Å²) >= 11 is 2.15. The largest absolute Gasteiger partial charge is 0.338 e.